The quantitative estimate of drug-likeness (QED) is 0.667. The number of likely N-dealkylation sites (tertiary alicyclic amines) is 1. The lowest BCUT2D eigenvalue weighted by Crippen LogP contribution is -2.48. The molecule has 0 spiro atoms. The van der Waals surface area contributed by atoms with Crippen LogP contribution >= 0.6 is 0 Å². The average Bonchev–Trinajstić information content (AvgIpc) is 2.83. The van der Waals surface area contributed by atoms with Crippen molar-refractivity contribution in [2.45, 2.75) is 37.4 Å². The molecule has 2 saturated heterocycles. The molecule has 0 aromatic rings. The first kappa shape index (κ1) is 12.0. The van der Waals surface area contributed by atoms with Gasteiger partial charge in [0.05, 0.1) is 6.10 Å². The lowest BCUT2D eigenvalue weighted by molar-refractivity contribution is -0.133. The number of methoxy groups -OCH3 is 1. The molecule has 92 valence electrons. The maximum absolute atomic E-state index is 11.0. The van der Waals surface area contributed by atoms with Gasteiger partial charge in [-0.25, -0.2) is 0 Å². The van der Waals surface area contributed by atoms with Crippen LogP contribution in [-0.2, 0) is 14.3 Å². The monoisotopic (exact) mass is 227 g/mol. The third-order valence-electron chi connectivity index (χ3n) is 3.81. The molecule has 0 bridgehead atoms. The fraction of sp³-hybridized carbons (Fsp3) is 0.917. The number of hydrogen-bond donors (Lipinski definition) is 0. The molecule has 0 aromatic heterocycles. The van der Waals surface area contributed by atoms with Crippen molar-refractivity contribution in [3.05, 3.63) is 0 Å². The van der Waals surface area contributed by atoms with E-state index in [1.54, 1.807) is 7.11 Å². The number of rotatable bonds is 4. The summed E-state index contributed by atoms with van der Waals surface area (Å²) in [5, 5.41) is 0. The number of carbonyl (C=O) groups excluding carboxylic acids is 1. The van der Waals surface area contributed by atoms with Gasteiger partial charge in [0.25, 0.3) is 0 Å². The summed E-state index contributed by atoms with van der Waals surface area (Å²) in [5.74, 6) is 0. The standard InChI is InChI=1S/C12H21NO3/c1-15-12(10-14)4-6-13(7-5-12)9-11-3-2-8-16-11/h10-11H,2-9H2,1H3. The Kier molecular flexibility index (Phi) is 3.95. The highest BCUT2D eigenvalue weighted by Gasteiger charge is 2.35. The Labute approximate surface area is 96.9 Å². The number of nitrogens with zero attached hydrogens (tertiary/aromatic N) is 1. The summed E-state index contributed by atoms with van der Waals surface area (Å²) in [7, 11) is 1.63. The van der Waals surface area contributed by atoms with E-state index >= 15 is 0 Å². The minimum atomic E-state index is -0.521. The second-order valence-corrected chi connectivity index (χ2v) is 4.82. The van der Waals surface area contributed by atoms with Crippen molar-refractivity contribution in [1.82, 2.24) is 4.90 Å². The second kappa shape index (κ2) is 5.25. The van der Waals surface area contributed by atoms with Crippen LogP contribution in [0.4, 0.5) is 0 Å². The van der Waals surface area contributed by atoms with Gasteiger partial charge in [-0.2, -0.15) is 0 Å². The molecule has 1 unspecified atom stereocenters. The topological polar surface area (TPSA) is 38.8 Å². The number of carbonyl (C=O) groups is 1. The molecule has 0 N–H and O–H groups in total. The van der Waals surface area contributed by atoms with Crippen LogP contribution in [-0.4, -0.2) is 56.2 Å². The Morgan fingerprint density at radius 1 is 1.50 bits per heavy atom. The summed E-state index contributed by atoms with van der Waals surface area (Å²) in [5.41, 5.74) is -0.521. The van der Waals surface area contributed by atoms with Gasteiger partial charge in [-0.15, -0.1) is 0 Å². The highest BCUT2D eigenvalue weighted by Crippen LogP contribution is 2.24. The average molecular weight is 227 g/mol. The summed E-state index contributed by atoms with van der Waals surface area (Å²) >= 11 is 0. The number of piperidine rings is 1. The highest BCUT2D eigenvalue weighted by molar-refractivity contribution is 5.62. The van der Waals surface area contributed by atoms with Crippen molar-refractivity contribution in [1.29, 1.82) is 0 Å². The Bertz CT molecular complexity index is 230. The van der Waals surface area contributed by atoms with Crippen LogP contribution in [0.2, 0.25) is 0 Å². The van der Waals surface area contributed by atoms with E-state index in [1.807, 2.05) is 0 Å². The van der Waals surface area contributed by atoms with Crippen LogP contribution in [0.5, 0.6) is 0 Å². The van der Waals surface area contributed by atoms with Crippen LogP contribution in [0.25, 0.3) is 0 Å². The van der Waals surface area contributed by atoms with Crippen molar-refractivity contribution >= 4 is 6.29 Å². The van der Waals surface area contributed by atoms with Crippen molar-refractivity contribution in [3.63, 3.8) is 0 Å². The van der Waals surface area contributed by atoms with E-state index in [0.29, 0.717) is 6.10 Å². The summed E-state index contributed by atoms with van der Waals surface area (Å²) in [6.45, 7) is 3.80. The molecule has 2 rings (SSSR count). The maximum atomic E-state index is 11.0. The Balaban J connectivity index is 1.78. The van der Waals surface area contributed by atoms with Crippen LogP contribution in [0.3, 0.4) is 0 Å². The molecule has 2 aliphatic heterocycles. The molecule has 16 heavy (non-hydrogen) atoms. The molecule has 4 nitrogen and oxygen atoms in total. The van der Waals surface area contributed by atoms with Gasteiger partial charge in [-0.1, -0.05) is 0 Å². The Morgan fingerprint density at radius 2 is 2.25 bits per heavy atom. The molecule has 2 aliphatic rings. The van der Waals surface area contributed by atoms with E-state index in [2.05, 4.69) is 4.90 Å². The van der Waals surface area contributed by atoms with Crippen LogP contribution < -0.4 is 0 Å². The lowest BCUT2D eigenvalue weighted by Gasteiger charge is -2.37. The van der Waals surface area contributed by atoms with E-state index in [-0.39, 0.29) is 0 Å². The Hall–Kier alpha value is -0.450. The summed E-state index contributed by atoms with van der Waals surface area (Å²) < 4.78 is 10.9. The molecule has 2 fully saturated rings. The van der Waals surface area contributed by atoms with Crippen LogP contribution in [0.15, 0.2) is 0 Å². The first-order valence-electron chi connectivity index (χ1n) is 6.13. The van der Waals surface area contributed by atoms with Gasteiger partial charge in [-0.05, 0) is 25.7 Å². The van der Waals surface area contributed by atoms with Crippen molar-refractivity contribution in [2.75, 3.05) is 33.4 Å². The van der Waals surface area contributed by atoms with Gasteiger partial charge < -0.3 is 19.2 Å². The van der Waals surface area contributed by atoms with Crippen molar-refractivity contribution in [3.8, 4) is 0 Å². The zero-order valence-corrected chi connectivity index (χ0v) is 9.98. The first-order valence-corrected chi connectivity index (χ1v) is 6.13. The molecule has 0 saturated carbocycles. The predicted octanol–water partition coefficient (Wildman–Crippen LogP) is 0.845. The number of ether oxygens (including phenoxy) is 2. The lowest BCUT2D eigenvalue weighted by atomic mass is 9.92. The van der Waals surface area contributed by atoms with E-state index in [4.69, 9.17) is 9.47 Å². The minimum absolute atomic E-state index is 0.409. The van der Waals surface area contributed by atoms with Gasteiger partial charge >= 0.3 is 0 Å². The fourth-order valence-electron chi connectivity index (χ4n) is 2.56. The highest BCUT2D eigenvalue weighted by atomic mass is 16.5. The Morgan fingerprint density at radius 3 is 2.75 bits per heavy atom. The molecule has 0 radical (unpaired) electrons. The minimum Gasteiger partial charge on any atom is -0.377 e. The van der Waals surface area contributed by atoms with E-state index in [1.165, 1.54) is 12.8 Å². The zero-order valence-electron chi connectivity index (χ0n) is 9.98. The third-order valence-corrected chi connectivity index (χ3v) is 3.81. The summed E-state index contributed by atoms with van der Waals surface area (Å²) in [6, 6.07) is 0. The smallest absolute Gasteiger partial charge is 0.151 e. The van der Waals surface area contributed by atoms with Gasteiger partial charge in [0.1, 0.15) is 5.60 Å². The SMILES string of the molecule is COC1(C=O)CCN(CC2CCCO2)CC1. The molecular formula is C12H21NO3. The van der Waals surface area contributed by atoms with E-state index < -0.39 is 5.60 Å². The molecular weight excluding hydrogens is 206 g/mol. The van der Waals surface area contributed by atoms with E-state index in [0.717, 1.165) is 45.4 Å². The summed E-state index contributed by atoms with van der Waals surface area (Å²) in [6.07, 6.45) is 5.36. The number of hydrogen-bond acceptors (Lipinski definition) is 4. The van der Waals surface area contributed by atoms with Crippen LogP contribution in [0.1, 0.15) is 25.7 Å². The van der Waals surface area contributed by atoms with Gasteiger partial charge in [0.15, 0.2) is 6.29 Å². The van der Waals surface area contributed by atoms with Gasteiger partial charge in [0.2, 0.25) is 0 Å². The molecule has 2 heterocycles. The van der Waals surface area contributed by atoms with Crippen LogP contribution in [0, 0.1) is 0 Å². The molecule has 0 aromatic carbocycles. The van der Waals surface area contributed by atoms with E-state index in [9.17, 15) is 4.79 Å². The van der Waals surface area contributed by atoms with Crippen molar-refractivity contribution < 1.29 is 14.3 Å². The molecule has 1 atom stereocenters. The maximum Gasteiger partial charge on any atom is 0.151 e. The zero-order chi connectivity index (χ0) is 11.4. The molecule has 0 aliphatic carbocycles. The largest absolute Gasteiger partial charge is 0.377 e. The normalized spacial score (nSPS) is 30.4. The summed E-state index contributed by atoms with van der Waals surface area (Å²) in [4.78, 5) is 13.4. The molecule has 0 amide bonds. The predicted molar refractivity (Wildman–Crippen MR) is 60.5 cm³/mol. The number of aldehydes is 1. The third kappa shape index (κ3) is 2.62. The van der Waals surface area contributed by atoms with Gasteiger partial charge in [0, 0.05) is 33.4 Å². The second-order valence-electron chi connectivity index (χ2n) is 4.82. The molecule has 4 heteroatoms. The van der Waals surface area contributed by atoms with Gasteiger partial charge in [-0.3, -0.25) is 0 Å². The first-order chi connectivity index (χ1) is 7.78. The fourth-order valence-corrected chi connectivity index (χ4v) is 2.56. The van der Waals surface area contributed by atoms with Crippen molar-refractivity contribution in [2.24, 2.45) is 0 Å².